The Morgan fingerprint density at radius 2 is 1.92 bits per heavy atom. The summed E-state index contributed by atoms with van der Waals surface area (Å²) in [7, 11) is 0. The van der Waals surface area contributed by atoms with Gasteiger partial charge in [0.15, 0.2) is 11.5 Å². The molecule has 0 bridgehead atoms. The fraction of sp³-hybridized carbons (Fsp3) is 0.632. The third-order valence-electron chi connectivity index (χ3n) is 4.62. The number of fused-ring (bicyclic) bond motifs is 1. The van der Waals surface area contributed by atoms with Crippen LogP contribution in [0.2, 0.25) is 0 Å². The van der Waals surface area contributed by atoms with Gasteiger partial charge >= 0.3 is 0 Å². The van der Waals surface area contributed by atoms with Crippen LogP contribution in [-0.4, -0.2) is 62.9 Å². The maximum absolute atomic E-state index is 12.4. The van der Waals surface area contributed by atoms with Crippen LogP contribution in [0.5, 0.6) is 11.5 Å². The highest BCUT2D eigenvalue weighted by molar-refractivity contribution is 5.79. The summed E-state index contributed by atoms with van der Waals surface area (Å²) in [6.07, 6.45) is 2.16. The summed E-state index contributed by atoms with van der Waals surface area (Å²) in [5, 5.41) is 3.16. The van der Waals surface area contributed by atoms with Crippen molar-refractivity contribution in [3.8, 4) is 11.5 Å². The highest BCUT2D eigenvalue weighted by Crippen LogP contribution is 2.30. The van der Waals surface area contributed by atoms with Gasteiger partial charge in [-0.05, 0) is 24.1 Å². The number of rotatable bonds is 6. The second-order valence-electron chi connectivity index (χ2n) is 6.59. The van der Waals surface area contributed by atoms with Crippen molar-refractivity contribution in [3.63, 3.8) is 0 Å². The Morgan fingerprint density at radius 3 is 2.68 bits per heavy atom. The van der Waals surface area contributed by atoms with E-state index in [1.807, 2.05) is 18.2 Å². The van der Waals surface area contributed by atoms with Crippen molar-refractivity contribution in [2.45, 2.75) is 32.2 Å². The van der Waals surface area contributed by atoms with E-state index in [4.69, 9.17) is 14.2 Å². The molecule has 1 saturated heterocycles. The molecule has 2 heterocycles. The zero-order valence-corrected chi connectivity index (χ0v) is 15.0. The monoisotopic (exact) mass is 348 g/mol. The molecule has 1 fully saturated rings. The van der Waals surface area contributed by atoms with E-state index in [1.165, 1.54) is 0 Å². The standard InChI is InChI=1S/C19H28N2O4/c1-2-16(14-21-6-10-23-11-7-21)20-19(22)13-15-4-5-17-18(12-15)25-9-3-8-24-17/h4-5,12,16H,2-3,6-11,13-14H2,1H3,(H,20,22). The van der Waals surface area contributed by atoms with Gasteiger partial charge in [-0.2, -0.15) is 0 Å². The van der Waals surface area contributed by atoms with E-state index in [9.17, 15) is 4.79 Å². The molecule has 0 spiro atoms. The molecule has 6 nitrogen and oxygen atoms in total. The fourth-order valence-corrected chi connectivity index (χ4v) is 3.15. The van der Waals surface area contributed by atoms with Gasteiger partial charge in [-0.25, -0.2) is 0 Å². The highest BCUT2D eigenvalue weighted by Gasteiger charge is 2.18. The van der Waals surface area contributed by atoms with E-state index in [0.29, 0.717) is 19.6 Å². The highest BCUT2D eigenvalue weighted by atomic mass is 16.5. The topological polar surface area (TPSA) is 60.0 Å². The number of ether oxygens (including phenoxy) is 3. The van der Waals surface area contributed by atoms with Crippen LogP contribution in [0.3, 0.4) is 0 Å². The first-order valence-corrected chi connectivity index (χ1v) is 9.22. The molecule has 0 radical (unpaired) electrons. The van der Waals surface area contributed by atoms with Gasteiger partial charge in [-0.1, -0.05) is 13.0 Å². The number of morpholine rings is 1. The molecule has 1 aromatic rings. The van der Waals surface area contributed by atoms with Crippen molar-refractivity contribution in [3.05, 3.63) is 23.8 Å². The molecule has 0 aromatic heterocycles. The first-order chi connectivity index (χ1) is 12.2. The molecule has 2 aliphatic heterocycles. The van der Waals surface area contributed by atoms with Crippen molar-refractivity contribution in [1.29, 1.82) is 0 Å². The zero-order valence-electron chi connectivity index (χ0n) is 15.0. The molecule has 1 unspecified atom stereocenters. The SMILES string of the molecule is CCC(CN1CCOCC1)NC(=O)Cc1ccc2c(c1)OCCCO2. The lowest BCUT2D eigenvalue weighted by Crippen LogP contribution is -2.47. The summed E-state index contributed by atoms with van der Waals surface area (Å²) in [6, 6.07) is 5.93. The molecule has 1 atom stereocenters. The van der Waals surface area contributed by atoms with Crippen molar-refractivity contribution in [2.75, 3.05) is 46.1 Å². The first kappa shape index (κ1) is 18.0. The third-order valence-corrected chi connectivity index (χ3v) is 4.62. The van der Waals surface area contributed by atoms with Crippen LogP contribution < -0.4 is 14.8 Å². The lowest BCUT2D eigenvalue weighted by atomic mass is 10.1. The molecule has 3 rings (SSSR count). The minimum atomic E-state index is 0.0506. The molecule has 6 heteroatoms. The number of amides is 1. The number of carbonyl (C=O) groups excluding carboxylic acids is 1. The number of hydrogen-bond acceptors (Lipinski definition) is 5. The van der Waals surface area contributed by atoms with Gasteiger partial charge in [0.25, 0.3) is 0 Å². The lowest BCUT2D eigenvalue weighted by molar-refractivity contribution is -0.121. The molecular weight excluding hydrogens is 320 g/mol. The average molecular weight is 348 g/mol. The maximum atomic E-state index is 12.4. The Bertz CT molecular complexity index is 573. The number of carbonyl (C=O) groups is 1. The second-order valence-corrected chi connectivity index (χ2v) is 6.59. The summed E-state index contributed by atoms with van der Waals surface area (Å²) in [5.41, 5.74) is 0.947. The number of hydrogen-bond donors (Lipinski definition) is 1. The lowest BCUT2D eigenvalue weighted by Gasteiger charge is -2.30. The largest absolute Gasteiger partial charge is 0.490 e. The third kappa shape index (κ3) is 5.34. The Balaban J connectivity index is 1.53. The molecule has 138 valence electrons. The van der Waals surface area contributed by atoms with Crippen LogP contribution in [-0.2, 0) is 16.0 Å². The predicted octanol–water partition coefficient (Wildman–Crippen LogP) is 1.62. The van der Waals surface area contributed by atoms with Crippen LogP contribution in [0.4, 0.5) is 0 Å². The molecule has 2 aliphatic rings. The van der Waals surface area contributed by atoms with Crippen LogP contribution in [0, 0.1) is 0 Å². The Hall–Kier alpha value is -1.79. The van der Waals surface area contributed by atoms with E-state index < -0.39 is 0 Å². The molecule has 0 aliphatic carbocycles. The normalized spacial score (nSPS) is 19.1. The van der Waals surface area contributed by atoms with Crippen molar-refractivity contribution in [1.82, 2.24) is 10.2 Å². The minimum absolute atomic E-state index is 0.0506. The smallest absolute Gasteiger partial charge is 0.224 e. The van der Waals surface area contributed by atoms with Gasteiger partial charge in [0.2, 0.25) is 5.91 Å². The van der Waals surface area contributed by atoms with Gasteiger partial charge in [0, 0.05) is 32.1 Å². The van der Waals surface area contributed by atoms with E-state index in [0.717, 1.165) is 62.8 Å². The number of benzene rings is 1. The Kier molecular flexibility index (Phi) is 6.53. The Labute approximate surface area is 149 Å². The van der Waals surface area contributed by atoms with Gasteiger partial charge < -0.3 is 19.5 Å². The summed E-state index contributed by atoms with van der Waals surface area (Å²) in [5.74, 6) is 1.55. The summed E-state index contributed by atoms with van der Waals surface area (Å²) >= 11 is 0. The first-order valence-electron chi connectivity index (χ1n) is 9.22. The van der Waals surface area contributed by atoms with Crippen LogP contribution in [0.1, 0.15) is 25.3 Å². The fourth-order valence-electron chi connectivity index (χ4n) is 3.15. The predicted molar refractivity (Wildman–Crippen MR) is 95.2 cm³/mol. The molecule has 25 heavy (non-hydrogen) atoms. The quantitative estimate of drug-likeness (QED) is 0.846. The van der Waals surface area contributed by atoms with E-state index in [2.05, 4.69) is 17.1 Å². The Morgan fingerprint density at radius 1 is 1.16 bits per heavy atom. The molecule has 1 amide bonds. The molecule has 0 saturated carbocycles. The van der Waals surface area contributed by atoms with Crippen molar-refractivity contribution in [2.24, 2.45) is 0 Å². The second kappa shape index (κ2) is 9.06. The average Bonchev–Trinajstić information content (AvgIpc) is 2.87. The molecular formula is C19H28N2O4. The van der Waals surface area contributed by atoms with E-state index in [1.54, 1.807) is 0 Å². The summed E-state index contributed by atoms with van der Waals surface area (Å²) < 4.78 is 16.7. The van der Waals surface area contributed by atoms with Crippen molar-refractivity contribution >= 4 is 5.91 Å². The van der Waals surface area contributed by atoms with Gasteiger partial charge in [0.05, 0.1) is 32.8 Å². The van der Waals surface area contributed by atoms with E-state index in [-0.39, 0.29) is 11.9 Å². The van der Waals surface area contributed by atoms with Gasteiger partial charge in [0.1, 0.15) is 0 Å². The van der Waals surface area contributed by atoms with E-state index >= 15 is 0 Å². The van der Waals surface area contributed by atoms with Crippen LogP contribution in [0.25, 0.3) is 0 Å². The minimum Gasteiger partial charge on any atom is -0.490 e. The maximum Gasteiger partial charge on any atom is 0.224 e. The summed E-state index contributed by atoms with van der Waals surface area (Å²) in [4.78, 5) is 14.8. The number of nitrogens with one attached hydrogen (secondary N) is 1. The summed E-state index contributed by atoms with van der Waals surface area (Å²) in [6.45, 7) is 7.75. The van der Waals surface area contributed by atoms with Crippen molar-refractivity contribution < 1.29 is 19.0 Å². The van der Waals surface area contributed by atoms with Gasteiger partial charge in [-0.3, -0.25) is 9.69 Å². The molecule has 1 N–H and O–H groups in total. The zero-order chi connectivity index (χ0) is 17.5. The van der Waals surface area contributed by atoms with Crippen LogP contribution in [0.15, 0.2) is 18.2 Å². The number of nitrogens with zero attached hydrogens (tertiary/aromatic N) is 1. The van der Waals surface area contributed by atoms with Crippen LogP contribution >= 0.6 is 0 Å². The molecule has 1 aromatic carbocycles. The van der Waals surface area contributed by atoms with Gasteiger partial charge in [-0.15, -0.1) is 0 Å².